The molecule has 1 N–H and O–H groups in total. The van der Waals surface area contributed by atoms with E-state index in [1.807, 2.05) is 25.1 Å². The van der Waals surface area contributed by atoms with Crippen molar-refractivity contribution in [3.63, 3.8) is 0 Å². The van der Waals surface area contributed by atoms with Crippen LogP contribution >= 0.6 is 12.2 Å². The summed E-state index contributed by atoms with van der Waals surface area (Å²) in [5.74, 6) is 1.64. The topological polar surface area (TPSA) is 55.2 Å². The van der Waals surface area contributed by atoms with E-state index in [0.29, 0.717) is 11.4 Å². The van der Waals surface area contributed by atoms with Gasteiger partial charge in [0.15, 0.2) is 5.82 Å². The summed E-state index contributed by atoms with van der Waals surface area (Å²) < 4.78 is 7.94. The molecule has 1 heterocycles. The molecule has 3 rings (SSSR count). The summed E-state index contributed by atoms with van der Waals surface area (Å²) in [7, 11) is 0. The van der Waals surface area contributed by atoms with Gasteiger partial charge in [-0.25, -0.2) is 0 Å². The third-order valence-electron chi connectivity index (χ3n) is 3.72. The average Bonchev–Trinajstić information content (AvgIpc) is 2.94. The molecule has 0 saturated carbocycles. The Hall–Kier alpha value is -2.47. The summed E-state index contributed by atoms with van der Waals surface area (Å²) in [6.45, 7) is 4.68. The van der Waals surface area contributed by atoms with E-state index in [1.165, 1.54) is 0 Å². The lowest BCUT2D eigenvalue weighted by Gasteiger charge is -2.10. The number of aryl methyl sites for hydroxylation is 1. The van der Waals surface area contributed by atoms with Crippen molar-refractivity contribution >= 4 is 29.2 Å². The van der Waals surface area contributed by atoms with Crippen LogP contribution < -0.4 is 4.74 Å². The minimum absolute atomic E-state index is 0.493. The number of hydrogen-bond donors (Lipinski definition) is 1. The fraction of sp³-hybridized carbons (Fsp3) is 0.278. The first-order valence-electron chi connectivity index (χ1n) is 8.09. The number of aromatic amines is 1. The van der Waals surface area contributed by atoms with E-state index in [9.17, 15) is 0 Å². The first kappa shape index (κ1) is 16.4. The first-order valence-corrected chi connectivity index (χ1v) is 8.50. The monoisotopic (exact) mass is 340 g/mol. The van der Waals surface area contributed by atoms with Crippen LogP contribution in [0.1, 0.15) is 31.7 Å². The SMILES string of the molecule is CCCc1n[nH]c(=S)n1N=Cc1c(OCC)ccc2ccccc12. The Morgan fingerprint density at radius 1 is 1.25 bits per heavy atom. The molecule has 0 radical (unpaired) electrons. The number of rotatable bonds is 6. The highest BCUT2D eigenvalue weighted by Gasteiger charge is 2.08. The van der Waals surface area contributed by atoms with Crippen LogP contribution in [0.4, 0.5) is 0 Å². The van der Waals surface area contributed by atoms with Crippen molar-refractivity contribution in [3.05, 3.63) is 52.6 Å². The fourth-order valence-electron chi connectivity index (χ4n) is 2.63. The van der Waals surface area contributed by atoms with Gasteiger partial charge in [-0.2, -0.15) is 14.9 Å². The predicted octanol–water partition coefficient (Wildman–Crippen LogP) is 4.33. The van der Waals surface area contributed by atoms with E-state index < -0.39 is 0 Å². The van der Waals surface area contributed by atoms with Crippen LogP contribution in [0.2, 0.25) is 0 Å². The Kier molecular flexibility index (Phi) is 5.05. The maximum absolute atomic E-state index is 5.77. The van der Waals surface area contributed by atoms with Gasteiger partial charge < -0.3 is 4.74 Å². The number of fused-ring (bicyclic) bond motifs is 1. The van der Waals surface area contributed by atoms with Crippen LogP contribution in [0.15, 0.2) is 41.5 Å². The van der Waals surface area contributed by atoms with Gasteiger partial charge in [-0.05, 0) is 42.4 Å². The first-order chi connectivity index (χ1) is 11.7. The standard InChI is InChI=1S/C18H20N4OS/c1-3-7-17-20-21-18(24)22(17)19-12-15-14-9-6-5-8-13(14)10-11-16(15)23-4-2/h5-6,8-12H,3-4,7H2,1-2H3,(H,21,24). The quantitative estimate of drug-likeness (QED) is 0.537. The second-order valence-corrected chi connectivity index (χ2v) is 5.77. The van der Waals surface area contributed by atoms with E-state index in [2.05, 4.69) is 40.4 Å². The zero-order valence-electron chi connectivity index (χ0n) is 13.8. The van der Waals surface area contributed by atoms with Gasteiger partial charge >= 0.3 is 0 Å². The van der Waals surface area contributed by atoms with Gasteiger partial charge in [0.25, 0.3) is 0 Å². The Labute approximate surface area is 146 Å². The number of aromatic nitrogens is 3. The van der Waals surface area contributed by atoms with Crippen LogP contribution in [0, 0.1) is 4.77 Å². The lowest BCUT2D eigenvalue weighted by Crippen LogP contribution is -2.01. The lowest BCUT2D eigenvalue weighted by molar-refractivity contribution is 0.340. The van der Waals surface area contributed by atoms with Crippen molar-refractivity contribution in [1.82, 2.24) is 14.9 Å². The zero-order chi connectivity index (χ0) is 16.9. The molecule has 0 unspecified atom stereocenters. The van der Waals surface area contributed by atoms with Crippen molar-refractivity contribution in [2.45, 2.75) is 26.7 Å². The smallest absolute Gasteiger partial charge is 0.216 e. The summed E-state index contributed by atoms with van der Waals surface area (Å²) >= 11 is 5.28. The average molecular weight is 340 g/mol. The molecule has 24 heavy (non-hydrogen) atoms. The summed E-state index contributed by atoms with van der Waals surface area (Å²) in [6, 6.07) is 12.2. The molecule has 6 heteroatoms. The van der Waals surface area contributed by atoms with Crippen molar-refractivity contribution in [3.8, 4) is 5.75 Å². The van der Waals surface area contributed by atoms with Gasteiger partial charge in [0.1, 0.15) is 5.75 Å². The minimum atomic E-state index is 0.493. The van der Waals surface area contributed by atoms with Gasteiger partial charge in [0, 0.05) is 12.0 Å². The predicted molar refractivity (Wildman–Crippen MR) is 99.5 cm³/mol. The summed E-state index contributed by atoms with van der Waals surface area (Å²) in [5.41, 5.74) is 0.945. The van der Waals surface area contributed by atoms with Gasteiger partial charge in [-0.1, -0.05) is 37.3 Å². The maximum atomic E-state index is 5.77. The van der Waals surface area contributed by atoms with E-state index in [-0.39, 0.29) is 0 Å². The normalized spacial score (nSPS) is 11.4. The van der Waals surface area contributed by atoms with Crippen LogP contribution in [0.5, 0.6) is 5.75 Å². The molecule has 5 nitrogen and oxygen atoms in total. The van der Waals surface area contributed by atoms with Crippen molar-refractivity contribution < 1.29 is 4.74 Å². The number of hydrogen-bond acceptors (Lipinski definition) is 4. The number of ether oxygens (including phenoxy) is 1. The molecule has 0 bridgehead atoms. The van der Waals surface area contributed by atoms with E-state index >= 15 is 0 Å². The third-order valence-corrected chi connectivity index (χ3v) is 3.99. The number of nitrogens with one attached hydrogen (secondary N) is 1. The fourth-order valence-corrected chi connectivity index (χ4v) is 2.83. The van der Waals surface area contributed by atoms with Gasteiger partial charge in [-0.3, -0.25) is 5.10 Å². The molecule has 124 valence electrons. The van der Waals surface area contributed by atoms with Crippen LogP contribution in [0.25, 0.3) is 10.8 Å². The molecule has 0 aliphatic heterocycles. The molecular formula is C18H20N4OS. The zero-order valence-corrected chi connectivity index (χ0v) is 14.6. The highest BCUT2D eigenvalue weighted by Crippen LogP contribution is 2.26. The van der Waals surface area contributed by atoms with Crippen LogP contribution in [-0.2, 0) is 6.42 Å². The number of H-pyrrole nitrogens is 1. The molecule has 0 fully saturated rings. The van der Waals surface area contributed by atoms with E-state index in [1.54, 1.807) is 10.9 Å². The largest absolute Gasteiger partial charge is 0.493 e. The van der Waals surface area contributed by atoms with E-state index in [0.717, 1.165) is 40.8 Å². The Balaban J connectivity index is 2.10. The molecule has 0 saturated heterocycles. The molecule has 0 amide bonds. The molecule has 3 aromatic rings. The lowest BCUT2D eigenvalue weighted by atomic mass is 10.0. The third kappa shape index (κ3) is 3.23. The van der Waals surface area contributed by atoms with Crippen molar-refractivity contribution in [2.24, 2.45) is 5.10 Å². The molecule has 0 spiro atoms. The maximum Gasteiger partial charge on any atom is 0.216 e. The van der Waals surface area contributed by atoms with Gasteiger partial charge in [0.2, 0.25) is 4.77 Å². The van der Waals surface area contributed by atoms with Crippen LogP contribution in [-0.4, -0.2) is 27.7 Å². The minimum Gasteiger partial charge on any atom is -0.493 e. The van der Waals surface area contributed by atoms with Gasteiger partial charge in [0.05, 0.1) is 12.8 Å². The molecular weight excluding hydrogens is 320 g/mol. The number of benzene rings is 2. The molecule has 0 atom stereocenters. The van der Waals surface area contributed by atoms with Crippen LogP contribution in [0.3, 0.4) is 0 Å². The number of nitrogens with zero attached hydrogens (tertiary/aromatic N) is 3. The summed E-state index contributed by atoms with van der Waals surface area (Å²) in [5, 5.41) is 13.8. The highest BCUT2D eigenvalue weighted by atomic mass is 32.1. The molecule has 2 aromatic carbocycles. The van der Waals surface area contributed by atoms with E-state index in [4.69, 9.17) is 17.0 Å². The molecule has 0 aliphatic rings. The summed E-state index contributed by atoms with van der Waals surface area (Å²) in [6.07, 6.45) is 3.60. The van der Waals surface area contributed by atoms with Crippen molar-refractivity contribution in [1.29, 1.82) is 0 Å². The van der Waals surface area contributed by atoms with Gasteiger partial charge in [-0.15, -0.1) is 0 Å². The molecule has 0 aliphatic carbocycles. The second-order valence-electron chi connectivity index (χ2n) is 5.38. The Morgan fingerprint density at radius 2 is 2.08 bits per heavy atom. The van der Waals surface area contributed by atoms with Crippen molar-refractivity contribution in [2.75, 3.05) is 6.61 Å². The highest BCUT2D eigenvalue weighted by molar-refractivity contribution is 7.71. The Morgan fingerprint density at radius 3 is 2.88 bits per heavy atom. The molecule has 1 aromatic heterocycles. The Bertz CT molecular complexity index is 926. The second kappa shape index (κ2) is 7.40. The summed E-state index contributed by atoms with van der Waals surface area (Å²) in [4.78, 5) is 0.